The smallest absolute Gasteiger partial charge is 0.269 e. The Morgan fingerprint density at radius 1 is 0.591 bits per heavy atom. The van der Waals surface area contributed by atoms with E-state index in [0.717, 1.165) is 0 Å². The first kappa shape index (κ1) is 71.8. The van der Waals surface area contributed by atoms with Crippen molar-refractivity contribution in [1.29, 1.82) is 0 Å². The molecule has 0 unspecified atom stereocenters. The molecule has 0 aromatic carbocycles. The van der Waals surface area contributed by atoms with Gasteiger partial charge >= 0.3 is 12.2 Å². The van der Waals surface area contributed by atoms with Crippen molar-refractivity contribution < 1.29 is 54.6 Å². The van der Waals surface area contributed by atoms with Gasteiger partial charge in [0.15, 0.2) is 0 Å². The first-order chi connectivity index (χ1) is 7.20. The fraction of sp³-hybridized carbons (Fsp3) is 0.200. The van der Waals surface area contributed by atoms with Crippen molar-refractivity contribution in [2.24, 2.45) is 0 Å². The Balaban J connectivity index is -0.0000000103. The van der Waals surface area contributed by atoms with Crippen LogP contribution in [-0.2, 0) is 0 Å². The summed E-state index contributed by atoms with van der Waals surface area (Å²) in [7, 11) is 0. The molecule has 0 aliphatic carbocycles. The Labute approximate surface area is 120 Å². The highest BCUT2D eigenvalue weighted by Crippen LogP contribution is 2.08. The normalized spacial score (nSPS) is 4.55. The summed E-state index contributed by atoms with van der Waals surface area (Å²) in [6, 6.07) is 0. The largest absolute Gasteiger partial charge is 0.334 e. The van der Waals surface area contributed by atoms with Gasteiger partial charge in [0.25, 0.3) is 6.08 Å². The highest BCUT2D eigenvalue weighted by Gasteiger charge is 1.98. The molecule has 12 heteroatoms. The number of allylic oxidation sites excluding steroid dienone is 2. The zero-order valence-corrected chi connectivity index (χ0v) is 11.5. The van der Waals surface area contributed by atoms with Crippen LogP contribution in [0.3, 0.4) is 0 Å². The van der Waals surface area contributed by atoms with Gasteiger partial charge in [-0.2, -0.15) is 26.3 Å². The van der Waals surface area contributed by atoms with E-state index in [2.05, 4.69) is 19.7 Å². The summed E-state index contributed by atoms with van der Waals surface area (Å²) in [5.41, 5.74) is 0. The first-order valence-electron chi connectivity index (χ1n) is 3.71. The molecule has 144 valence electrons. The molecule has 0 fully saturated rings. The number of halogens is 12. The highest BCUT2D eigenvalue weighted by molar-refractivity contribution is 4.77. The SMILES string of the molecule is C=C(F)F.C=CC.C=CC.F.F.F.F.F.F.FC(F)=C(F)F. The second-order valence-electron chi connectivity index (χ2n) is 1.68. The lowest BCUT2D eigenvalue weighted by Crippen LogP contribution is -1.56. The van der Waals surface area contributed by atoms with Crippen LogP contribution in [0.1, 0.15) is 13.8 Å². The third-order valence-corrected chi connectivity index (χ3v) is 0.143. The lowest BCUT2D eigenvalue weighted by atomic mass is 10.8. The topological polar surface area (TPSA) is 0 Å². The molecule has 0 aliphatic rings. The Morgan fingerprint density at radius 3 is 0.636 bits per heavy atom. The number of rotatable bonds is 0. The summed E-state index contributed by atoms with van der Waals surface area (Å²) in [5, 5.41) is 0. The maximum atomic E-state index is 10.3. The molecule has 0 aromatic heterocycles. The molecule has 0 aliphatic heterocycles. The Hall–Kier alpha value is -1.88. The molecule has 22 heavy (non-hydrogen) atoms. The predicted octanol–water partition coefficient (Wildman–Crippen LogP) is 6.69. The minimum absolute atomic E-state index is 0. The molecule has 0 spiro atoms. The lowest BCUT2D eigenvalue weighted by molar-refractivity contribution is 0.308. The highest BCUT2D eigenvalue weighted by atomic mass is 19.3. The molecule has 0 bridgehead atoms. The van der Waals surface area contributed by atoms with E-state index in [1.54, 1.807) is 12.2 Å². The van der Waals surface area contributed by atoms with Crippen LogP contribution in [0.5, 0.6) is 0 Å². The van der Waals surface area contributed by atoms with E-state index in [1.165, 1.54) is 0 Å². The Kier molecular flexibility index (Phi) is 246. The quantitative estimate of drug-likeness (QED) is 0.330. The van der Waals surface area contributed by atoms with Crippen molar-refractivity contribution in [3.8, 4) is 0 Å². The van der Waals surface area contributed by atoms with Crippen LogP contribution in [0, 0.1) is 0 Å². The standard InChI is InChI=1S/2C3H6.C2F4.C2H2F2.6FH/c2*1-3-2;3-1(4)2(5)6;1-2(3)4;;;;;;/h2*3H,1H2,2H3;;1H2;6*1H. The van der Waals surface area contributed by atoms with Gasteiger partial charge in [0.05, 0.1) is 0 Å². The van der Waals surface area contributed by atoms with Crippen LogP contribution < -0.4 is 0 Å². The molecule has 0 amide bonds. The van der Waals surface area contributed by atoms with Crippen LogP contribution in [0.15, 0.2) is 50.1 Å². The minimum Gasteiger partial charge on any atom is -0.269 e. The minimum atomic E-state index is -2.91. The van der Waals surface area contributed by atoms with E-state index in [9.17, 15) is 26.3 Å². The molecular weight excluding hydrogens is 348 g/mol. The van der Waals surface area contributed by atoms with Gasteiger partial charge in [0.2, 0.25) is 0 Å². The van der Waals surface area contributed by atoms with Crippen molar-refractivity contribution >= 4 is 0 Å². The molecule has 0 aromatic rings. The van der Waals surface area contributed by atoms with Crippen molar-refractivity contribution in [3.63, 3.8) is 0 Å². The molecule has 0 saturated heterocycles. The third kappa shape index (κ3) is 1180. The van der Waals surface area contributed by atoms with Gasteiger partial charge in [-0.15, -0.1) is 13.2 Å². The van der Waals surface area contributed by atoms with E-state index >= 15 is 0 Å². The Bertz CT molecular complexity index is 186. The van der Waals surface area contributed by atoms with E-state index in [0.29, 0.717) is 0 Å². The summed E-state index contributed by atoms with van der Waals surface area (Å²) in [6.07, 6.45) is -4.15. The van der Waals surface area contributed by atoms with Gasteiger partial charge in [0, 0.05) is 0 Å². The van der Waals surface area contributed by atoms with Crippen LogP contribution in [0.25, 0.3) is 0 Å². The molecule has 0 atom stereocenters. The van der Waals surface area contributed by atoms with Gasteiger partial charge in [-0.05, 0) is 20.4 Å². The van der Waals surface area contributed by atoms with Crippen LogP contribution in [0.2, 0.25) is 0 Å². The average molecular weight is 368 g/mol. The Morgan fingerprint density at radius 2 is 0.636 bits per heavy atom. The zero-order valence-electron chi connectivity index (χ0n) is 11.5. The molecular formula is C10H20F12. The van der Waals surface area contributed by atoms with Gasteiger partial charge in [-0.25, -0.2) is 0 Å². The number of hydrogen-bond donors (Lipinski definition) is 0. The zero-order chi connectivity index (χ0) is 14.1. The van der Waals surface area contributed by atoms with Crippen molar-refractivity contribution in [1.82, 2.24) is 0 Å². The fourth-order valence-corrected chi connectivity index (χ4v) is 0. The van der Waals surface area contributed by atoms with E-state index in [1.807, 2.05) is 13.8 Å². The summed E-state index contributed by atoms with van der Waals surface area (Å²) in [5.74, 6) is 0. The summed E-state index contributed by atoms with van der Waals surface area (Å²) >= 11 is 0. The van der Waals surface area contributed by atoms with E-state index in [-0.39, 0.29) is 28.2 Å². The van der Waals surface area contributed by atoms with Crippen LogP contribution in [-0.4, -0.2) is 0 Å². The van der Waals surface area contributed by atoms with Gasteiger partial charge < -0.3 is 0 Å². The summed E-state index contributed by atoms with van der Waals surface area (Å²) in [6.45, 7) is 12.7. The maximum Gasteiger partial charge on any atom is 0.334 e. The van der Waals surface area contributed by atoms with Gasteiger partial charge in [-0.3, -0.25) is 28.2 Å². The first-order valence-corrected chi connectivity index (χ1v) is 3.71. The van der Waals surface area contributed by atoms with Crippen molar-refractivity contribution in [2.75, 3.05) is 0 Å². The predicted molar refractivity (Wildman–Crippen MR) is 69.6 cm³/mol. The lowest BCUT2D eigenvalue weighted by Gasteiger charge is -1.69. The van der Waals surface area contributed by atoms with Crippen LogP contribution in [0.4, 0.5) is 54.6 Å². The maximum absolute atomic E-state index is 10.3. The fourth-order valence-electron chi connectivity index (χ4n) is 0. The number of hydrogen-bond acceptors (Lipinski definition) is 0. The molecule has 0 rings (SSSR count). The summed E-state index contributed by atoms with van der Waals surface area (Å²) in [4.78, 5) is 0. The monoisotopic (exact) mass is 368 g/mol. The molecule has 0 N–H and O–H groups in total. The third-order valence-electron chi connectivity index (χ3n) is 0.143. The van der Waals surface area contributed by atoms with Crippen molar-refractivity contribution in [2.45, 2.75) is 13.8 Å². The van der Waals surface area contributed by atoms with Crippen LogP contribution >= 0.6 is 0 Å². The second kappa shape index (κ2) is 75.5. The van der Waals surface area contributed by atoms with Crippen molar-refractivity contribution in [3.05, 3.63) is 50.1 Å². The van der Waals surface area contributed by atoms with E-state index in [4.69, 9.17) is 0 Å². The molecule has 0 heterocycles. The summed E-state index contributed by atoms with van der Waals surface area (Å²) < 4.78 is 61.4. The second-order valence-corrected chi connectivity index (χ2v) is 1.68. The van der Waals surface area contributed by atoms with E-state index < -0.39 is 18.2 Å². The van der Waals surface area contributed by atoms with Gasteiger partial charge in [0.1, 0.15) is 0 Å². The van der Waals surface area contributed by atoms with Gasteiger partial charge in [-0.1, -0.05) is 12.2 Å². The molecule has 0 radical (unpaired) electrons. The average Bonchev–Trinajstić information content (AvgIpc) is 2.05. The molecule has 0 saturated carbocycles. The molecule has 0 nitrogen and oxygen atoms in total.